The van der Waals surface area contributed by atoms with Crippen LogP contribution in [0.4, 0.5) is 0 Å². The summed E-state index contributed by atoms with van der Waals surface area (Å²) >= 11 is 0. The van der Waals surface area contributed by atoms with E-state index in [4.69, 9.17) is 10.00 Å². The highest BCUT2D eigenvalue weighted by Gasteiger charge is 2.45. The number of benzene rings is 1. The smallest absolute Gasteiger partial charge is 0.326 e. The van der Waals surface area contributed by atoms with E-state index in [2.05, 4.69) is 11.4 Å². The molecule has 1 heterocycles. The molecule has 0 spiro atoms. The van der Waals surface area contributed by atoms with E-state index in [9.17, 15) is 9.90 Å². The minimum absolute atomic E-state index is 0.333. The first-order valence-corrected chi connectivity index (χ1v) is 6.10. The number of aliphatic hydroxyl groups excluding tert-OH is 1. The molecule has 0 aromatic heterocycles. The van der Waals surface area contributed by atoms with Crippen molar-refractivity contribution in [3.8, 4) is 6.07 Å². The van der Waals surface area contributed by atoms with E-state index in [1.807, 2.05) is 12.1 Å². The zero-order valence-electron chi connectivity index (χ0n) is 10.7. The molecule has 0 radical (unpaired) electrons. The summed E-state index contributed by atoms with van der Waals surface area (Å²) < 4.78 is 4.84. The maximum Gasteiger partial charge on any atom is 0.326 e. The van der Waals surface area contributed by atoms with Crippen LogP contribution in [-0.4, -0.2) is 36.4 Å². The van der Waals surface area contributed by atoms with Gasteiger partial charge in [-0.25, -0.2) is 0 Å². The van der Waals surface area contributed by atoms with Gasteiger partial charge < -0.3 is 9.84 Å². The molecule has 1 aliphatic rings. The first-order chi connectivity index (χ1) is 9.09. The van der Waals surface area contributed by atoms with Gasteiger partial charge >= 0.3 is 5.97 Å². The van der Waals surface area contributed by atoms with E-state index < -0.39 is 11.6 Å². The number of β-amino-alcohol motifs (C(OH)–C–C–N with tert-alkyl or cyclic N) is 1. The highest BCUT2D eigenvalue weighted by molar-refractivity contribution is 5.81. The van der Waals surface area contributed by atoms with E-state index in [1.165, 1.54) is 7.11 Å². The quantitative estimate of drug-likeness (QED) is 0.767. The number of hydrogen-bond acceptors (Lipinski definition) is 5. The first kappa shape index (κ1) is 13.5. The molecule has 0 aliphatic carbocycles. The molecule has 1 saturated heterocycles. The van der Waals surface area contributed by atoms with Crippen LogP contribution in [0.2, 0.25) is 0 Å². The van der Waals surface area contributed by atoms with Crippen molar-refractivity contribution in [3.05, 3.63) is 35.4 Å². The van der Waals surface area contributed by atoms with E-state index in [0.29, 0.717) is 24.9 Å². The highest BCUT2D eigenvalue weighted by Crippen LogP contribution is 2.26. The molecule has 1 aliphatic heterocycles. The molecular weight excluding hydrogens is 244 g/mol. The van der Waals surface area contributed by atoms with Gasteiger partial charge in [-0.3, -0.25) is 10.1 Å². The summed E-state index contributed by atoms with van der Waals surface area (Å²) in [6, 6.07) is 9.11. The standard InChI is InChI=1S/C14H16N2O3/c1-19-13(18)14(7-12(17)9-16-14)6-10-2-4-11(8-15)5-3-10/h2-5,12,16-17H,6-7,9H2,1H3/t12-,14?/m0/s1. The van der Waals surface area contributed by atoms with Crippen molar-refractivity contribution in [1.29, 1.82) is 5.26 Å². The average Bonchev–Trinajstić information content (AvgIpc) is 2.81. The summed E-state index contributed by atoms with van der Waals surface area (Å²) in [5, 5.41) is 21.5. The van der Waals surface area contributed by atoms with Crippen LogP contribution in [0.25, 0.3) is 0 Å². The molecule has 1 aromatic carbocycles. The van der Waals surface area contributed by atoms with Crippen molar-refractivity contribution in [2.24, 2.45) is 0 Å². The molecule has 1 unspecified atom stereocenters. The van der Waals surface area contributed by atoms with E-state index in [0.717, 1.165) is 5.56 Å². The fraction of sp³-hybridized carbons (Fsp3) is 0.429. The van der Waals surface area contributed by atoms with E-state index in [1.54, 1.807) is 12.1 Å². The van der Waals surface area contributed by atoms with Crippen LogP contribution in [0.1, 0.15) is 17.5 Å². The number of carbonyl (C=O) groups is 1. The lowest BCUT2D eigenvalue weighted by Crippen LogP contribution is -2.50. The zero-order chi connectivity index (χ0) is 13.9. The Morgan fingerprint density at radius 3 is 2.74 bits per heavy atom. The molecule has 0 saturated carbocycles. The Morgan fingerprint density at radius 2 is 2.26 bits per heavy atom. The van der Waals surface area contributed by atoms with E-state index in [-0.39, 0.29) is 5.97 Å². The molecule has 2 rings (SSSR count). The number of hydrogen-bond donors (Lipinski definition) is 2. The minimum Gasteiger partial charge on any atom is -0.468 e. The highest BCUT2D eigenvalue weighted by atomic mass is 16.5. The third-order valence-corrected chi connectivity index (χ3v) is 3.43. The van der Waals surface area contributed by atoms with Gasteiger partial charge in [-0.15, -0.1) is 0 Å². The number of nitriles is 1. The minimum atomic E-state index is -0.873. The third kappa shape index (κ3) is 2.75. The molecule has 1 fully saturated rings. The van der Waals surface area contributed by atoms with Crippen molar-refractivity contribution in [3.63, 3.8) is 0 Å². The van der Waals surface area contributed by atoms with Crippen LogP contribution < -0.4 is 5.32 Å². The molecule has 5 nitrogen and oxygen atoms in total. The fourth-order valence-electron chi connectivity index (χ4n) is 2.46. The second-order valence-corrected chi connectivity index (χ2v) is 4.80. The number of esters is 1. The van der Waals surface area contributed by atoms with Gasteiger partial charge in [0.2, 0.25) is 0 Å². The largest absolute Gasteiger partial charge is 0.468 e. The molecule has 0 bridgehead atoms. The lowest BCUT2D eigenvalue weighted by Gasteiger charge is -2.26. The van der Waals surface area contributed by atoms with Gasteiger partial charge in [-0.2, -0.15) is 5.26 Å². The molecule has 100 valence electrons. The lowest BCUT2D eigenvalue weighted by molar-refractivity contribution is -0.148. The Hall–Kier alpha value is -1.90. The maximum atomic E-state index is 12.0. The van der Waals surface area contributed by atoms with Gasteiger partial charge in [0.25, 0.3) is 0 Å². The Labute approximate surface area is 111 Å². The molecule has 2 atom stereocenters. The Morgan fingerprint density at radius 1 is 1.58 bits per heavy atom. The number of rotatable bonds is 3. The van der Waals surface area contributed by atoms with Crippen molar-refractivity contribution in [2.75, 3.05) is 13.7 Å². The van der Waals surface area contributed by atoms with Gasteiger partial charge in [0.1, 0.15) is 5.54 Å². The molecule has 19 heavy (non-hydrogen) atoms. The van der Waals surface area contributed by atoms with Gasteiger partial charge in [-0.1, -0.05) is 12.1 Å². The van der Waals surface area contributed by atoms with Crippen LogP contribution in [-0.2, 0) is 16.0 Å². The number of nitrogens with zero attached hydrogens (tertiary/aromatic N) is 1. The summed E-state index contributed by atoms with van der Waals surface area (Å²) in [5.41, 5.74) is 0.628. The predicted molar refractivity (Wildman–Crippen MR) is 68.2 cm³/mol. The first-order valence-electron chi connectivity index (χ1n) is 6.10. The van der Waals surface area contributed by atoms with Gasteiger partial charge in [-0.05, 0) is 17.7 Å². The second-order valence-electron chi connectivity index (χ2n) is 4.80. The van der Waals surface area contributed by atoms with Crippen molar-refractivity contribution < 1.29 is 14.6 Å². The number of nitrogens with one attached hydrogen (secondary N) is 1. The topological polar surface area (TPSA) is 82.4 Å². The summed E-state index contributed by atoms with van der Waals surface area (Å²) in [6.45, 7) is 0.380. The van der Waals surface area contributed by atoms with Crippen molar-refractivity contribution in [2.45, 2.75) is 24.5 Å². The summed E-state index contributed by atoms with van der Waals surface area (Å²) in [4.78, 5) is 12.0. The summed E-state index contributed by atoms with van der Waals surface area (Å²) in [6.07, 6.45) is 0.222. The monoisotopic (exact) mass is 260 g/mol. The van der Waals surface area contributed by atoms with Gasteiger partial charge in [0.15, 0.2) is 0 Å². The zero-order valence-corrected chi connectivity index (χ0v) is 10.7. The molecule has 1 aromatic rings. The number of ether oxygens (including phenoxy) is 1. The Bertz CT molecular complexity index is 506. The van der Waals surface area contributed by atoms with Crippen molar-refractivity contribution in [1.82, 2.24) is 5.32 Å². The maximum absolute atomic E-state index is 12.0. The normalized spacial score (nSPS) is 25.8. The molecule has 5 heteroatoms. The summed E-state index contributed by atoms with van der Waals surface area (Å²) in [5.74, 6) is -0.367. The van der Waals surface area contributed by atoms with Crippen LogP contribution in [0, 0.1) is 11.3 Å². The van der Waals surface area contributed by atoms with Crippen molar-refractivity contribution >= 4 is 5.97 Å². The van der Waals surface area contributed by atoms with Crippen LogP contribution in [0.3, 0.4) is 0 Å². The Kier molecular flexibility index (Phi) is 3.84. The van der Waals surface area contributed by atoms with Gasteiger partial charge in [0.05, 0.1) is 24.8 Å². The second kappa shape index (κ2) is 5.39. The van der Waals surface area contributed by atoms with Crippen LogP contribution >= 0.6 is 0 Å². The SMILES string of the molecule is COC(=O)C1(Cc2ccc(C#N)cc2)C[C@H](O)CN1. The summed E-state index contributed by atoms with van der Waals surface area (Å²) in [7, 11) is 1.34. The van der Waals surface area contributed by atoms with Gasteiger partial charge in [0, 0.05) is 19.4 Å². The molecule has 2 N–H and O–H groups in total. The number of methoxy groups -OCH3 is 1. The fourth-order valence-corrected chi connectivity index (χ4v) is 2.46. The van der Waals surface area contributed by atoms with Crippen LogP contribution in [0.15, 0.2) is 24.3 Å². The van der Waals surface area contributed by atoms with Crippen LogP contribution in [0.5, 0.6) is 0 Å². The molecular formula is C14H16N2O3. The third-order valence-electron chi connectivity index (χ3n) is 3.43. The lowest BCUT2D eigenvalue weighted by atomic mass is 9.88. The molecule has 0 amide bonds. The van der Waals surface area contributed by atoms with E-state index >= 15 is 0 Å². The Balaban J connectivity index is 2.21. The number of aliphatic hydroxyl groups is 1. The predicted octanol–water partition coefficient (Wildman–Crippen LogP) is 0.367. The average molecular weight is 260 g/mol. The number of carbonyl (C=O) groups excluding carboxylic acids is 1.